The van der Waals surface area contributed by atoms with Crippen molar-refractivity contribution < 1.29 is 35.9 Å². The van der Waals surface area contributed by atoms with Crippen LogP contribution < -0.4 is 10.1 Å². The van der Waals surface area contributed by atoms with E-state index < -0.39 is 41.1 Å². The Morgan fingerprint density at radius 1 is 0.906 bits per heavy atom. The first-order chi connectivity index (χ1) is 15.0. The van der Waals surface area contributed by atoms with Crippen molar-refractivity contribution in [1.29, 1.82) is 0 Å². The number of nitrogens with one attached hydrogen (secondary N) is 1. The average Bonchev–Trinajstić information content (AvgIpc) is 2.76. The summed E-state index contributed by atoms with van der Waals surface area (Å²) < 4.78 is 84.5. The molecule has 1 amide bonds. The van der Waals surface area contributed by atoms with Gasteiger partial charge in [0, 0.05) is 11.8 Å². The predicted molar refractivity (Wildman–Crippen MR) is 103 cm³/mol. The van der Waals surface area contributed by atoms with Crippen LogP contribution >= 0.6 is 0 Å². The number of ether oxygens (including phenoxy) is 1. The molecule has 10 heteroatoms. The number of carbonyl (C=O) groups is 1. The number of rotatable bonds is 5. The standard InChI is InChI=1S/C22H16F6N2O2/c1-32-16-10-6-14(7-11-16)20(31)30-18(13-4-8-15(9-5-13)21(23,24)25)19-17(22(26,27)28)3-2-12-29-19/h2-12,18H,1H3,(H,30,31)/t18-/m0/s1. The Labute approximate surface area is 178 Å². The van der Waals surface area contributed by atoms with Crippen molar-refractivity contribution in [3.63, 3.8) is 0 Å². The van der Waals surface area contributed by atoms with Crippen LogP contribution in [0.5, 0.6) is 5.75 Å². The van der Waals surface area contributed by atoms with Crippen molar-refractivity contribution in [3.05, 3.63) is 94.8 Å². The molecule has 1 atom stereocenters. The second kappa shape index (κ2) is 8.89. The van der Waals surface area contributed by atoms with E-state index in [-0.39, 0.29) is 11.1 Å². The third kappa shape index (κ3) is 5.19. The zero-order valence-electron chi connectivity index (χ0n) is 16.5. The molecule has 168 valence electrons. The van der Waals surface area contributed by atoms with E-state index in [1.807, 2.05) is 0 Å². The maximum atomic E-state index is 13.6. The fourth-order valence-corrected chi connectivity index (χ4v) is 3.02. The molecule has 0 radical (unpaired) electrons. The predicted octanol–water partition coefficient (Wildman–Crippen LogP) is 5.65. The molecular formula is C22H16F6N2O2. The van der Waals surface area contributed by atoms with E-state index in [1.54, 1.807) is 0 Å². The fourth-order valence-electron chi connectivity index (χ4n) is 3.02. The maximum Gasteiger partial charge on any atom is 0.418 e. The Balaban J connectivity index is 2.05. The number of methoxy groups -OCH3 is 1. The number of nitrogens with zero attached hydrogens (tertiary/aromatic N) is 1. The molecule has 0 bridgehead atoms. The van der Waals surface area contributed by atoms with E-state index >= 15 is 0 Å². The van der Waals surface area contributed by atoms with E-state index in [9.17, 15) is 31.1 Å². The molecule has 0 aliphatic carbocycles. The minimum atomic E-state index is -4.79. The second-order valence-electron chi connectivity index (χ2n) is 6.69. The normalized spacial score (nSPS) is 12.8. The third-order valence-electron chi connectivity index (χ3n) is 4.62. The number of aromatic nitrogens is 1. The van der Waals surface area contributed by atoms with Gasteiger partial charge in [0.2, 0.25) is 0 Å². The van der Waals surface area contributed by atoms with Crippen molar-refractivity contribution in [2.45, 2.75) is 18.4 Å². The van der Waals surface area contributed by atoms with Gasteiger partial charge >= 0.3 is 12.4 Å². The Hall–Kier alpha value is -3.56. The molecule has 0 spiro atoms. The first-order valence-corrected chi connectivity index (χ1v) is 9.15. The van der Waals surface area contributed by atoms with E-state index in [4.69, 9.17) is 4.74 Å². The van der Waals surface area contributed by atoms with Crippen LogP contribution in [0.4, 0.5) is 26.3 Å². The summed E-state index contributed by atoms with van der Waals surface area (Å²) in [5.74, 6) is -0.277. The number of halogens is 6. The summed E-state index contributed by atoms with van der Waals surface area (Å²) in [5, 5.41) is 2.45. The molecule has 1 aromatic heterocycles. The van der Waals surface area contributed by atoms with E-state index in [1.165, 1.54) is 31.4 Å². The summed E-state index contributed by atoms with van der Waals surface area (Å²) in [5.41, 5.74) is -2.50. The molecule has 32 heavy (non-hydrogen) atoms. The molecule has 3 rings (SSSR count). The highest BCUT2D eigenvalue weighted by Gasteiger charge is 2.37. The SMILES string of the molecule is COc1ccc(C(=O)N[C@@H](c2ccc(C(F)(F)F)cc2)c2ncccc2C(F)(F)F)cc1. The van der Waals surface area contributed by atoms with Crippen LogP contribution in [0.2, 0.25) is 0 Å². The van der Waals surface area contributed by atoms with Gasteiger partial charge in [0.25, 0.3) is 5.91 Å². The van der Waals surface area contributed by atoms with Gasteiger partial charge in [0.1, 0.15) is 5.75 Å². The molecule has 3 aromatic rings. The van der Waals surface area contributed by atoms with Gasteiger partial charge in [-0.15, -0.1) is 0 Å². The summed E-state index contributed by atoms with van der Waals surface area (Å²) >= 11 is 0. The topological polar surface area (TPSA) is 51.2 Å². The molecule has 0 fully saturated rings. The fraction of sp³-hybridized carbons (Fsp3) is 0.182. The van der Waals surface area contributed by atoms with Gasteiger partial charge in [0.15, 0.2) is 0 Å². The van der Waals surface area contributed by atoms with Crippen molar-refractivity contribution >= 4 is 5.91 Å². The second-order valence-corrected chi connectivity index (χ2v) is 6.69. The summed E-state index contributed by atoms with van der Waals surface area (Å²) in [7, 11) is 1.43. The molecule has 1 heterocycles. The number of amides is 1. The zero-order chi connectivity index (χ0) is 23.5. The summed E-state index contributed by atoms with van der Waals surface area (Å²) in [6.45, 7) is 0. The lowest BCUT2D eigenvalue weighted by Crippen LogP contribution is -2.31. The smallest absolute Gasteiger partial charge is 0.418 e. The number of carbonyl (C=O) groups excluding carboxylic acids is 1. The van der Waals surface area contributed by atoms with Gasteiger partial charge < -0.3 is 10.1 Å². The number of alkyl halides is 6. The maximum absolute atomic E-state index is 13.6. The van der Waals surface area contributed by atoms with Crippen molar-refractivity contribution in [1.82, 2.24) is 10.3 Å². The van der Waals surface area contributed by atoms with Crippen LogP contribution in [0.15, 0.2) is 66.9 Å². The molecule has 0 aliphatic heterocycles. The van der Waals surface area contributed by atoms with E-state index in [0.29, 0.717) is 5.75 Å². The molecule has 0 saturated heterocycles. The molecule has 0 unspecified atom stereocenters. The van der Waals surface area contributed by atoms with E-state index in [0.717, 1.165) is 42.6 Å². The molecule has 0 saturated carbocycles. The highest BCUT2D eigenvalue weighted by molar-refractivity contribution is 5.94. The van der Waals surface area contributed by atoms with Crippen LogP contribution in [0.3, 0.4) is 0 Å². The summed E-state index contributed by atoms with van der Waals surface area (Å²) in [6, 6.07) is 9.70. The zero-order valence-corrected chi connectivity index (χ0v) is 16.5. The lowest BCUT2D eigenvalue weighted by molar-refractivity contribution is -0.139. The first-order valence-electron chi connectivity index (χ1n) is 9.15. The average molecular weight is 454 g/mol. The van der Waals surface area contributed by atoms with Gasteiger partial charge in [-0.2, -0.15) is 26.3 Å². The van der Waals surface area contributed by atoms with Gasteiger partial charge in [-0.25, -0.2) is 0 Å². The molecule has 1 N–H and O–H groups in total. The molecule has 2 aromatic carbocycles. The quantitative estimate of drug-likeness (QED) is 0.507. The van der Waals surface area contributed by atoms with Gasteiger partial charge in [-0.05, 0) is 54.1 Å². The Kier molecular flexibility index (Phi) is 6.42. The lowest BCUT2D eigenvalue weighted by atomic mass is 9.97. The minimum Gasteiger partial charge on any atom is -0.497 e. The summed E-state index contributed by atoms with van der Waals surface area (Å²) in [6.07, 6.45) is -8.30. The Bertz CT molecular complexity index is 1080. The van der Waals surface area contributed by atoms with Gasteiger partial charge in [-0.1, -0.05) is 12.1 Å². The lowest BCUT2D eigenvalue weighted by Gasteiger charge is -2.23. The van der Waals surface area contributed by atoms with Crippen LogP contribution in [0.1, 0.15) is 38.8 Å². The molecule has 4 nitrogen and oxygen atoms in total. The van der Waals surface area contributed by atoms with Crippen molar-refractivity contribution in [3.8, 4) is 5.75 Å². The number of benzene rings is 2. The van der Waals surface area contributed by atoms with Crippen LogP contribution in [-0.4, -0.2) is 18.0 Å². The van der Waals surface area contributed by atoms with Crippen LogP contribution in [-0.2, 0) is 12.4 Å². The third-order valence-corrected chi connectivity index (χ3v) is 4.62. The molecule has 0 aliphatic rings. The number of hydrogen-bond donors (Lipinski definition) is 1. The summed E-state index contributed by atoms with van der Waals surface area (Å²) in [4.78, 5) is 16.5. The number of hydrogen-bond acceptors (Lipinski definition) is 3. The van der Waals surface area contributed by atoms with Gasteiger partial charge in [0.05, 0.1) is 30.0 Å². The van der Waals surface area contributed by atoms with Crippen LogP contribution in [0.25, 0.3) is 0 Å². The van der Waals surface area contributed by atoms with Crippen molar-refractivity contribution in [2.24, 2.45) is 0 Å². The monoisotopic (exact) mass is 454 g/mol. The highest BCUT2D eigenvalue weighted by Crippen LogP contribution is 2.36. The van der Waals surface area contributed by atoms with Crippen LogP contribution in [0, 0.1) is 0 Å². The van der Waals surface area contributed by atoms with Gasteiger partial charge in [-0.3, -0.25) is 9.78 Å². The van der Waals surface area contributed by atoms with E-state index in [2.05, 4.69) is 10.3 Å². The highest BCUT2D eigenvalue weighted by atomic mass is 19.4. The Morgan fingerprint density at radius 3 is 2.06 bits per heavy atom. The minimum absolute atomic E-state index is 0.00376. The molecular weight excluding hydrogens is 438 g/mol. The number of pyridine rings is 1. The Morgan fingerprint density at radius 2 is 1.53 bits per heavy atom. The largest absolute Gasteiger partial charge is 0.497 e. The first kappa shape index (κ1) is 23.1. The van der Waals surface area contributed by atoms with Crippen molar-refractivity contribution in [2.75, 3.05) is 7.11 Å².